The van der Waals surface area contributed by atoms with E-state index in [9.17, 15) is 0 Å². The zero-order valence-corrected chi connectivity index (χ0v) is 13.3. The molecule has 1 aliphatic rings. The highest BCUT2D eigenvalue weighted by atomic mass is 16.5. The van der Waals surface area contributed by atoms with Gasteiger partial charge in [-0.1, -0.05) is 6.92 Å². The summed E-state index contributed by atoms with van der Waals surface area (Å²) in [5.41, 5.74) is 0. The lowest BCUT2D eigenvalue weighted by Crippen LogP contribution is -2.42. The van der Waals surface area contributed by atoms with Crippen molar-refractivity contribution in [2.24, 2.45) is 0 Å². The third-order valence-corrected chi connectivity index (χ3v) is 3.47. The molecule has 6 nitrogen and oxygen atoms in total. The van der Waals surface area contributed by atoms with E-state index in [0.717, 1.165) is 50.1 Å². The Hall–Kier alpha value is -1.40. The minimum absolute atomic E-state index is 0.284. The normalized spacial score (nSPS) is 18.8. The molecular weight excluding hydrogens is 268 g/mol. The Kier molecular flexibility index (Phi) is 6.20. The zero-order chi connectivity index (χ0) is 15.1. The number of hydrogen-bond acceptors (Lipinski definition) is 6. The van der Waals surface area contributed by atoms with Gasteiger partial charge in [-0.25, -0.2) is 9.97 Å². The Morgan fingerprint density at radius 2 is 2.24 bits per heavy atom. The SMILES string of the molecule is CCNc1cc(N2CCOC(CC)C2)nc(COCC)n1. The number of nitrogens with one attached hydrogen (secondary N) is 1. The van der Waals surface area contributed by atoms with Crippen LogP contribution in [0.5, 0.6) is 0 Å². The second kappa shape index (κ2) is 8.14. The van der Waals surface area contributed by atoms with Gasteiger partial charge >= 0.3 is 0 Å². The summed E-state index contributed by atoms with van der Waals surface area (Å²) < 4.78 is 11.2. The molecule has 6 heteroatoms. The van der Waals surface area contributed by atoms with Crippen LogP contribution in [-0.2, 0) is 16.1 Å². The number of nitrogens with zero attached hydrogens (tertiary/aromatic N) is 3. The largest absolute Gasteiger partial charge is 0.375 e. The molecule has 1 N–H and O–H groups in total. The maximum absolute atomic E-state index is 5.73. The number of anilines is 2. The maximum atomic E-state index is 5.73. The van der Waals surface area contributed by atoms with Crippen LogP contribution in [0, 0.1) is 0 Å². The van der Waals surface area contributed by atoms with Crippen LogP contribution in [0.3, 0.4) is 0 Å². The molecule has 1 unspecified atom stereocenters. The molecule has 1 aromatic rings. The fourth-order valence-corrected chi connectivity index (χ4v) is 2.35. The molecule has 2 heterocycles. The van der Waals surface area contributed by atoms with Gasteiger partial charge in [0.05, 0.1) is 12.7 Å². The van der Waals surface area contributed by atoms with Gasteiger partial charge in [0.1, 0.15) is 18.2 Å². The number of morpholine rings is 1. The standard InChI is InChI=1S/C15H26N4O2/c1-4-12-10-19(7-8-21-12)15-9-13(16-5-2)17-14(18-15)11-20-6-3/h9,12H,4-8,10-11H2,1-3H3,(H,16,17,18). The van der Waals surface area contributed by atoms with Gasteiger partial charge in [0.25, 0.3) is 0 Å². The Labute approximate surface area is 126 Å². The molecule has 0 bridgehead atoms. The van der Waals surface area contributed by atoms with Gasteiger partial charge in [-0.05, 0) is 20.3 Å². The smallest absolute Gasteiger partial charge is 0.158 e. The van der Waals surface area contributed by atoms with Gasteiger partial charge in [0.15, 0.2) is 5.82 Å². The molecule has 0 aliphatic carbocycles. The molecule has 0 amide bonds. The highest BCUT2D eigenvalue weighted by molar-refractivity contribution is 5.49. The van der Waals surface area contributed by atoms with Crippen molar-refractivity contribution in [1.29, 1.82) is 0 Å². The van der Waals surface area contributed by atoms with Gasteiger partial charge in [0, 0.05) is 32.3 Å². The van der Waals surface area contributed by atoms with E-state index in [1.54, 1.807) is 0 Å². The monoisotopic (exact) mass is 294 g/mol. The van der Waals surface area contributed by atoms with Crippen LogP contribution in [0.2, 0.25) is 0 Å². The first-order valence-electron chi connectivity index (χ1n) is 7.82. The lowest BCUT2D eigenvalue weighted by molar-refractivity contribution is 0.0381. The minimum Gasteiger partial charge on any atom is -0.375 e. The van der Waals surface area contributed by atoms with Gasteiger partial charge in [0.2, 0.25) is 0 Å². The molecule has 1 aromatic heterocycles. The predicted octanol–water partition coefficient (Wildman–Crippen LogP) is 2.06. The van der Waals surface area contributed by atoms with Crippen molar-refractivity contribution < 1.29 is 9.47 Å². The summed E-state index contributed by atoms with van der Waals surface area (Å²) in [5.74, 6) is 2.54. The van der Waals surface area contributed by atoms with Crippen molar-refractivity contribution in [3.8, 4) is 0 Å². The molecule has 1 atom stereocenters. The number of hydrogen-bond donors (Lipinski definition) is 1. The van der Waals surface area contributed by atoms with E-state index in [4.69, 9.17) is 9.47 Å². The van der Waals surface area contributed by atoms with Crippen molar-refractivity contribution in [2.45, 2.75) is 39.9 Å². The first kappa shape index (κ1) is 16.0. The Balaban J connectivity index is 2.17. The number of rotatable bonds is 7. The summed E-state index contributed by atoms with van der Waals surface area (Å²) in [6.07, 6.45) is 1.31. The van der Waals surface area contributed by atoms with Gasteiger partial charge in [-0.3, -0.25) is 0 Å². The van der Waals surface area contributed by atoms with Crippen LogP contribution in [0.4, 0.5) is 11.6 Å². The van der Waals surface area contributed by atoms with Gasteiger partial charge in [-0.15, -0.1) is 0 Å². The first-order valence-corrected chi connectivity index (χ1v) is 7.82. The molecule has 1 aliphatic heterocycles. The van der Waals surface area contributed by atoms with E-state index in [-0.39, 0.29) is 6.10 Å². The summed E-state index contributed by atoms with van der Waals surface area (Å²) in [5, 5.41) is 3.26. The average molecular weight is 294 g/mol. The molecule has 118 valence electrons. The topological polar surface area (TPSA) is 59.5 Å². The summed E-state index contributed by atoms with van der Waals surface area (Å²) in [7, 11) is 0. The van der Waals surface area contributed by atoms with E-state index >= 15 is 0 Å². The molecule has 1 saturated heterocycles. The summed E-state index contributed by atoms with van der Waals surface area (Å²) in [4.78, 5) is 11.4. The highest BCUT2D eigenvalue weighted by Crippen LogP contribution is 2.20. The molecule has 2 rings (SSSR count). The van der Waals surface area contributed by atoms with Crippen molar-refractivity contribution >= 4 is 11.6 Å². The fraction of sp³-hybridized carbons (Fsp3) is 0.733. The van der Waals surface area contributed by atoms with Gasteiger partial charge < -0.3 is 19.7 Å². The van der Waals surface area contributed by atoms with Crippen molar-refractivity contribution in [3.63, 3.8) is 0 Å². The van der Waals surface area contributed by atoms with Crippen LogP contribution < -0.4 is 10.2 Å². The van der Waals surface area contributed by atoms with Crippen LogP contribution in [0.1, 0.15) is 33.0 Å². The van der Waals surface area contributed by atoms with Crippen LogP contribution >= 0.6 is 0 Å². The summed E-state index contributed by atoms with van der Waals surface area (Å²) >= 11 is 0. The van der Waals surface area contributed by atoms with Crippen LogP contribution in [0.15, 0.2) is 6.07 Å². The molecule has 21 heavy (non-hydrogen) atoms. The van der Waals surface area contributed by atoms with Crippen molar-refractivity contribution in [1.82, 2.24) is 9.97 Å². The molecule has 0 spiro atoms. The van der Waals surface area contributed by atoms with Crippen LogP contribution in [0.25, 0.3) is 0 Å². The van der Waals surface area contributed by atoms with Gasteiger partial charge in [-0.2, -0.15) is 0 Å². The quantitative estimate of drug-likeness (QED) is 0.830. The van der Waals surface area contributed by atoms with E-state index in [1.807, 2.05) is 13.0 Å². The second-order valence-electron chi connectivity index (χ2n) is 5.04. The fourth-order valence-electron chi connectivity index (χ4n) is 2.35. The Morgan fingerprint density at radius 3 is 2.95 bits per heavy atom. The molecular formula is C15H26N4O2. The number of aromatic nitrogens is 2. The average Bonchev–Trinajstić information content (AvgIpc) is 2.53. The highest BCUT2D eigenvalue weighted by Gasteiger charge is 2.21. The minimum atomic E-state index is 0.284. The zero-order valence-electron chi connectivity index (χ0n) is 13.3. The van der Waals surface area contributed by atoms with E-state index in [2.05, 4.69) is 34.0 Å². The lowest BCUT2D eigenvalue weighted by Gasteiger charge is -2.33. The Morgan fingerprint density at radius 1 is 1.38 bits per heavy atom. The molecule has 0 radical (unpaired) electrons. The second-order valence-corrected chi connectivity index (χ2v) is 5.04. The molecule has 0 saturated carbocycles. The molecule has 0 aromatic carbocycles. The maximum Gasteiger partial charge on any atom is 0.158 e. The first-order chi connectivity index (χ1) is 10.3. The molecule has 1 fully saturated rings. The predicted molar refractivity (Wildman–Crippen MR) is 83.8 cm³/mol. The summed E-state index contributed by atoms with van der Waals surface area (Å²) in [6.45, 7) is 10.6. The Bertz CT molecular complexity index is 442. The van der Waals surface area contributed by atoms with Crippen LogP contribution in [-0.4, -0.2) is 48.9 Å². The third kappa shape index (κ3) is 4.54. The van der Waals surface area contributed by atoms with E-state index in [1.165, 1.54) is 0 Å². The third-order valence-electron chi connectivity index (χ3n) is 3.47. The lowest BCUT2D eigenvalue weighted by atomic mass is 10.2. The van der Waals surface area contributed by atoms with E-state index < -0.39 is 0 Å². The van der Waals surface area contributed by atoms with E-state index in [0.29, 0.717) is 13.2 Å². The summed E-state index contributed by atoms with van der Waals surface area (Å²) in [6, 6.07) is 2.01. The van der Waals surface area contributed by atoms with Crippen molar-refractivity contribution in [2.75, 3.05) is 43.1 Å². The number of ether oxygens (including phenoxy) is 2. The van der Waals surface area contributed by atoms with Crippen molar-refractivity contribution in [3.05, 3.63) is 11.9 Å².